The maximum Gasteiger partial charge on any atom is 0.362 e. The van der Waals surface area contributed by atoms with E-state index < -0.39 is 17.7 Å². The van der Waals surface area contributed by atoms with Gasteiger partial charge in [-0.15, -0.1) is 0 Å². The van der Waals surface area contributed by atoms with Gasteiger partial charge in [0.15, 0.2) is 0 Å². The quantitative estimate of drug-likeness (QED) is 0.512. The Morgan fingerprint density at radius 2 is 1.68 bits per heavy atom. The molecular weight excluding hydrogens is 355 g/mol. The minimum Gasteiger partial charge on any atom is -0.495 e. The van der Waals surface area contributed by atoms with Crippen LogP contribution in [0.25, 0.3) is 0 Å². The number of rotatable bonds is 8. The van der Waals surface area contributed by atoms with Crippen molar-refractivity contribution >= 4 is 34.6 Å². The molecule has 0 unspecified atom stereocenters. The van der Waals surface area contributed by atoms with Gasteiger partial charge in [-0.1, -0.05) is 11.6 Å². The molecule has 0 amide bonds. The van der Waals surface area contributed by atoms with Gasteiger partial charge in [0.1, 0.15) is 10.6 Å². The van der Waals surface area contributed by atoms with Gasteiger partial charge in [-0.25, -0.2) is 0 Å². The predicted molar refractivity (Wildman–Crippen MR) is 82.7 cm³/mol. The van der Waals surface area contributed by atoms with Crippen molar-refractivity contribution in [1.82, 2.24) is 0 Å². The molecule has 0 aliphatic rings. The fraction of sp³-hybridized carbons (Fsp3) is 0.500. The Labute approximate surface area is 135 Å². The van der Waals surface area contributed by atoms with E-state index in [1.165, 1.54) is 13.2 Å². The van der Waals surface area contributed by atoms with Gasteiger partial charge in [0, 0.05) is 0 Å². The highest BCUT2D eigenvalue weighted by Gasteiger charge is 2.33. The molecule has 0 saturated heterocycles. The van der Waals surface area contributed by atoms with E-state index in [0.29, 0.717) is 0 Å². The van der Waals surface area contributed by atoms with Crippen LogP contribution in [0.15, 0.2) is 17.0 Å². The van der Waals surface area contributed by atoms with E-state index in [4.69, 9.17) is 25.4 Å². The Balaban J connectivity index is 3.56. The molecule has 22 heavy (non-hydrogen) atoms. The molecule has 0 heterocycles. The monoisotopic (exact) mass is 372 g/mol. The van der Waals surface area contributed by atoms with Crippen LogP contribution in [-0.2, 0) is 27.9 Å². The van der Waals surface area contributed by atoms with Crippen LogP contribution in [0.3, 0.4) is 0 Å². The number of halogens is 1. The van der Waals surface area contributed by atoms with Crippen LogP contribution in [-0.4, -0.2) is 35.9 Å². The van der Waals surface area contributed by atoms with Gasteiger partial charge >= 0.3 is 7.60 Å². The van der Waals surface area contributed by atoms with Gasteiger partial charge in [-0.2, -0.15) is 8.42 Å². The third-order valence-electron chi connectivity index (χ3n) is 2.62. The minimum absolute atomic E-state index is 0.0322. The number of methoxy groups -OCH3 is 1. The lowest BCUT2D eigenvalue weighted by atomic mass is 10.3. The van der Waals surface area contributed by atoms with E-state index in [0.717, 1.165) is 13.2 Å². The molecule has 0 N–H and O–H groups in total. The Morgan fingerprint density at radius 1 is 1.14 bits per heavy atom. The standard InChI is InChI=1S/C12H18ClO7PS/c1-5-19-21(14,20-6-2)11-8-10(17-3)12(7-9(11)13)22(15,16)18-4/h7-8H,5-6H2,1-4H3. The van der Waals surface area contributed by atoms with Crippen molar-refractivity contribution in [3.63, 3.8) is 0 Å². The summed E-state index contributed by atoms with van der Waals surface area (Å²) in [5.41, 5.74) is 0. The Kier molecular flexibility index (Phi) is 6.85. The fourth-order valence-corrected chi connectivity index (χ4v) is 4.70. The number of benzene rings is 1. The molecule has 0 spiro atoms. The lowest BCUT2D eigenvalue weighted by Crippen LogP contribution is -2.15. The SMILES string of the molecule is CCOP(=O)(OCC)c1cc(OC)c(S(=O)(=O)OC)cc1Cl. The van der Waals surface area contributed by atoms with Crippen LogP contribution in [0.1, 0.15) is 13.8 Å². The summed E-state index contributed by atoms with van der Waals surface area (Å²) < 4.78 is 56.4. The third-order valence-corrected chi connectivity index (χ3v) is 6.51. The number of ether oxygens (including phenoxy) is 1. The van der Waals surface area contributed by atoms with Gasteiger partial charge in [0.2, 0.25) is 0 Å². The molecule has 0 aromatic heterocycles. The van der Waals surface area contributed by atoms with E-state index in [2.05, 4.69) is 4.18 Å². The lowest BCUT2D eigenvalue weighted by Gasteiger charge is -2.20. The first-order valence-corrected chi connectivity index (χ1v) is 9.66. The van der Waals surface area contributed by atoms with Crippen LogP contribution in [0.2, 0.25) is 5.02 Å². The van der Waals surface area contributed by atoms with E-state index in [-0.39, 0.29) is 34.2 Å². The first-order valence-electron chi connectivity index (χ1n) is 6.33. The molecule has 1 aromatic rings. The van der Waals surface area contributed by atoms with Crippen LogP contribution >= 0.6 is 19.2 Å². The molecule has 0 radical (unpaired) electrons. The average molecular weight is 373 g/mol. The van der Waals surface area contributed by atoms with Crippen LogP contribution < -0.4 is 10.0 Å². The summed E-state index contributed by atoms with van der Waals surface area (Å²) >= 11 is 6.07. The van der Waals surface area contributed by atoms with Gasteiger partial charge in [-0.05, 0) is 26.0 Å². The second kappa shape index (κ2) is 7.77. The van der Waals surface area contributed by atoms with Crippen molar-refractivity contribution in [3.8, 4) is 5.75 Å². The highest BCUT2D eigenvalue weighted by atomic mass is 35.5. The van der Waals surface area contributed by atoms with Gasteiger partial charge in [0.05, 0.1) is 37.8 Å². The van der Waals surface area contributed by atoms with Crippen molar-refractivity contribution in [2.75, 3.05) is 27.4 Å². The van der Waals surface area contributed by atoms with Gasteiger partial charge in [-0.3, -0.25) is 8.75 Å². The maximum absolute atomic E-state index is 12.8. The Hall–Kier alpha value is -0.630. The van der Waals surface area contributed by atoms with Crippen molar-refractivity contribution in [1.29, 1.82) is 0 Å². The number of hydrogen-bond donors (Lipinski definition) is 0. The maximum atomic E-state index is 12.8. The molecule has 1 aromatic carbocycles. The summed E-state index contributed by atoms with van der Waals surface area (Å²) in [6.07, 6.45) is 0. The molecule has 0 aliphatic heterocycles. The van der Waals surface area contributed by atoms with Crippen LogP contribution in [0.5, 0.6) is 5.75 Å². The first kappa shape index (κ1) is 19.4. The second-order valence-corrected chi connectivity index (χ2v) is 7.99. The minimum atomic E-state index is -4.03. The van der Waals surface area contributed by atoms with E-state index in [1.807, 2.05) is 0 Å². The zero-order valence-electron chi connectivity index (χ0n) is 12.7. The zero-order valence-corrected chi connectivity index (χ0v) is 15.1. The summed E-state index contributed by atoms with van der Waals surface area (Å²) in [5.74, 6) is -0.0686. The van der Waals surface area contributed by atoms with E-state index in [1.54, 1.807) is 13.8 Å². The molecule has 1 rings (SSSR count). The molecular formula is C12H18ClO7PS. The molecule has 7 nitrogen and oxygen atoms in total. The van der Waals surface area contributed by atoms with E-state index >= 15 is 0 Å². The van der Waals surface area contributed by atoms with Crippen molar-refractivity contribution in [2.45, 2.75) is 18.7 Å². The third kappa shape index (κ3) is 4.01. The predicted octanol–water partition coefficient (Wildman–Crippen LogP) is 2.58. The highest BCUT2D eigenvalue weighted by molar-refractivity contribution is 7.86. The first-order chi connectivity index (χ1) is 10.3. The summed E-state index contributed by atoms with van der Waals surface area (Å²) in [4.78, 5) is -0.272. The van der Waals surface area contributed by atoms with Crippen molar-refractivity contribution < 1.29 is 31.0 Å². The van der Waals surface area contributed by atoms with Gasteiger partial charge < -0.3 is 13.8 Å². The second-order valence-electron chi connectivity index (χ2n) is 3.91. The van der Waals surface area contributed by atoms with Crippen LogP contribution in [0, 0.1) is 0 Å². The molecule has 10 heteroatoms. The van der Waals surface area contributed by atoms with Crippen LogP contribution in [0.4, 0.5) is 0 Å². The van der Waals surface area contributed by atoms with Gasteiger partial charge in [0.25, 0.3) is 10.1 Å². The fourth-order valence-electron chi connectivity index (χ4n) is 1.70. The molecule has 0 fully saturated rings. The topological polar surface area (TPSA) is 88.1 Å². The Bertz CT molecular complexity index is 664. The molecule has 0 bridgehead atoms. The number of hydrogen-bond acceptors (Lipinski definition) is 7. The van der Waals surface area contributed by atoms with Crippen molar-refractivity contribution in [3.05, 3.63) is 17.2 Å². The highest BCUT2D eigenvalue weighted by Crippen LogP contribution is 2.50. The average Bonchev–Trinajstić information content (AvgIpc) is 2.47. The normalized spacial score (nSPS) is 12.4. The molecule has 0 saturated carbocycles. The van der Waals surface area contributed by atoms with E-state index in [9.17, 15) is 13.0 Å². The zero-order chi connectivity index (χ0) is 17.0. The Morgan fingerprint density at radius 3 is 2.09 bits per heavy atom. The molecule has 0 atom stereocenters. The summed E-state index contributed by atoms with van der Waals surface area (Å²) in [7, 11) is -5.42. The lowest BCUT2D eigenvalue weighted by molar-refractivity contribution is 0.229. The summed E-state index contributed by atoms with van der Waals surface area (Å²) in [6, 6.07) is 2.32. The summed E-state index contributed by atoms with van der Waals surface area (Å²) in [6.45, 7) is 3.57. The largest absolute Gasteiger partial charge is 0.495 e. The summed E-state index contributed by atoms with van der Waals surface area (Å²) in [5, 5.41) is -0.0496. The molecule has 0 aliphatic carbocycles. The van der Waals surface area contributed by atoms with Crippen molar-refractivity contribution in [2.24, 2.45) is 0 Å². The smallest absolute Gasteiger partial charge is 0.362 e. The molecule has 126 valence electrons.